The van der Waals surface area contributed by atoms with Crippen LogP contribution >= 0.6 is 0 Å². The Labute approximate surface area is 106 Å². The molecular weight excluding hydrogens is 212 g/mol. The molecule has 0 aliphatic heterocycles. The van der Waals surface area contributed by atoms with Gasteiger partial charge in [-0.15, -0.1) is 0 Å². The molecule has 0 aromatic heterocycles. The minimum Gasteiger partial charge on any atom is -0.385 e. The van der Waals surface area contributed by atoms with Crippen LogP contribution in [0.5, 0.6) is 0 Å². The maximum atomic E-state index is 7.43. The highest BCUT2D eigenvalue weighted by molar-refractivity contribution is 5.12. The summed E-state index contributed by atoms with van der Waals surface area (Å²) >= 11 is 0. The van der Waals surface area contributed by atoms with Crippen LogP contribution < -0.4 is 0 Å². The zero-order chi connectivity index (χ0) is 13.6. The first-order valence-electron chi connectivity index (χ1n) is 6.49. The van der Waals surface area contributed by atoms with E-state index >= 15 is 0 Å². The molecule has 0 spiro atoms. The molecule has 0 radical (unpaired) electrons. The first kappa shape index (κ1) is 18.1. The van der Waals surface area contributed by atoms with Gasteiger partial charge in [0.2, 0.25) is 0 Å². The number of nitrogens with zero attached hydrogens (tertiary/aromatic N) is 4. The Kier molecular flexibility index (Phi) is 13.6. The van der Waals surface area contributed by atoms with E-state index in [1.165, 1.54) is 62.3 Å². The molecule has 0 rings (SSSR count). The highest BCUT2D eigenvalue weighted by Gasteiger charge is 2.18. The van der Waals surface area contributed by atoms with Gasteiger partial charge in [0.25, 0.3) is 0 Å². The minimum absolute atomic E-state index is 1.28. The molecule has 0 atom stereocenters. The van der Waals surface area contributed by atoms with E-state index in [9.17, 15) is 0 Å². The van der Waals surface area contributed by atoms with Crippen LogP contribution in [0.1, 0.15) is 47.0 Å². The van der Waals surface area contributed by atoms with Crippen LogP contribution in [-0.2, 0) is 0 Å². The van der Waals surface area contributed by atoms with Crippen molar-refractivity contribution in [2.75, 3.05) is 26.2 Å². The van der Waals surface area contributed by atoms with Crippen molar-refractivity contribution < 1.29 is 4.48 Å². The Hall–Kier alpha value is -1.26. The summed E-state index contributed by atoms with van der Waals surface area (Å²) in [4.78, 5) is 0. The molecule has 0 bridgehead atoms. The van der Waals surface area contributed by atoms with Gasteiger partial charge < -0.3 is 15.0 Å². The predicted octanol–water partition coefficient (Wildman–Crippen LogP) is 3.38. The highest BCUT2D eigenvalue weighted by Crippen LogP contribution is 2.09. The van der Waals surface area contributed by atoms with Gasteiger partial charge in [-0.3, -0.25) is 5.32 Å². The van der Waals surface area contributed by atoms with E-state index in [2.05, 4.69) is 33.0 Å². The van der Waals surface area contributed by atoms with Crippen molar-refractivity contribution in [3.05, 3.63) is 5.32 Å². The molecule has 0 saturated heterocycles. The van der Waals surface area contributed by atoms with Gasteiger partial charge in [-0.25, -0.2) is 0 Å². The summed E-state index contributed by atoms with van der Waals surface area (Å²) in [6, 6.07) is 0. The van der Waals surface area contributed by atoms with E-state index in [0.29, 0.717) is 0 Å². The SMILES string of the molecule is CCCCC[N+](CC)(CC)CC.N#C[N-]C#N. The van der Waals surface area contributed by atoms with E-state index in [1.54, 1.807) is 0 Å². The molecule has 4 nitrogen and oxygen atoms in total. The average molecular weight is 238 g/mol. The van der Waals surface area contributed by atoms with E-state index < -0.39 is 0 Å². The van der Waals surface area contributed by atoms with Crippen molar-refractivity contribution >= 4 is 0 Å². The lowest BCUT2D eigenvalue weighted by molar-refractivity contribution is -0.923. The van der Waals surface area contributed by atoms with Gasteiger partial charge in [0.15, 0.2) is 0 Å². The van der Waals surface area contributed by atoms with Crippen LogP contribution in [-0.4, -0.2) is 30.7 Å². The van der Waals surface area contributed by atoms with Gasteiger partial charge in [-0.2, -0.15) is 0 Å². The molecule has 0 saturated carbocycles. The van der Waals surface area contributed by atoms with Crippen LogP contribution in [0.15, 0.2) is 0 Å². The van der Waals surface area contributed by atoms with Crippen LogP contribution in [0.3, 0.4) is 0 Å². The summed E-state index contributed by atoms with van der Waals surface area (Å²) in [5.74, 6) is 0. The molecule has 0 unspecified atom stereocenters. The zero-order valence-electron chi connectivity index (χ0n) is 11.7. The normalized spacial score (nSPS) is 9.53. The van der Waals surface area contributed by atoms with Crippen LogP contribution in [0.4, 0.5) is 0 Å². The van der Waals surface area contributed by atoms with E-state index in [1.807, 2.05) is 0 Å². The third-order valence-corrected chi connectivity index (χ3v) is 3.35. The van der Waals surface area contributed by atoms with Crippen molar-refractivity contribution in [2.45, 2.75) is 47.0 Å². The maximum absolute atomic E-state index is 7.43. The van der Waals surface area contributed by atoms with Gasteiger partial charge in [-0.05, 0) is 33.6 Å². The molecule has 0 aromatic rings. The second kappa shape index (κ2) is 12.8. The van der Waals surface area contributed by atoms with E-state index in [-0.39, 0.29) is 0 Å². The average Bonchev–Trinajstić information content (AvgIpc) is 2.37. The molecule has 0 aliphatic rings. The highest BCUT2D eigenvalue weighted by atomic mass is 15.3. The summed E-state index contributed by atoms with van der Waals surface area (Å²) < 4.78 is 1.32. The van der Waals surface area contributed by atoms with Crippen molar-refractivity contribution in [1.29, 1.82) is 10.5 Å². The predicted molar refractivity (Wildman–Crippen MR) is 70.9 cm³/mol. The van der Waals surface area contributed by atoms with Gasteiger partial charge in [0.05, 0.1) is 26.2 Å². The third kappa shape index (κ3) is 9.66. The van der Waals surface area contributed by atoms with Gasteiger partial charge in [-0.1, -0.05) is 13.3 Å². The van der Waals surface area contributed by atoms with E-state index in [4.69, 9.17) is 10.5 Å². The number of hydrogen-bond acceptors (Lipinski definition) is 2. The van der Waals surface area contributed by atoms with Crippen LogP contribution in [0.25, 0.3) is 5.32 Å². The number of nitriles is 2. The smallest absolute Gasteiger partial charge is 0.0786 e. The summed E-state index contributed by atoms with van der Waals surface area (Å²) in [7, 11) is 0. The standard InChI is InChI=1S/C11H26N.C2N3/c1-5-9-10-11-12(6-2,7-3)8-4;3-1-5-2-4/h5-11H2,1-4H3;/q+1;-1. The Morgan fingerprint density at radius 1 is 0.882 bits per heavy atom. The minimum atomic E-state index is 1.28. The maximum Gasteiger partial charge on any atom is 0.0786 e. The fourth-order valence-corrected chi connectivity index (χ4v) is 1.86. The lowest BCUT2D eigenvalue weighted by Crippen LogP contribution is -2.48. The van der Waals surface area contributed by atoms with Crippen LogP contribution in [0.2, 0.25) is 0 Å². The second-order valence-electron chi connectivity index (χ2n) is 4.03. The number of quaternary nitrogens is 1. The molecule has 0 aromatic carbocycles. The Morgan fingerprint density at radius 2 is 1.35 bits per heavy atom. The summed E-state index contributed by atoms with van der Waals surface area (Å²) in [6.07, 6.45) is 6.72. The number of rotatable bonds is 7. The quantitative estimate of drug-likeness (QED) is 0.388. The molecule has 98 valence electrons. The molecule has 0 amide bonds. The number of hydrogen-bond donors (Lipinski definition) is 0. The Bertz CT molecular complexity index is 213. The molecule has 0 aliphatic carbocycles. The molecule has 0 N–H and O–H groups in total. The van der Waals surface area contributed by atoms with Crippen LogP contribution in [0, 0.1) is 22.9 Å². The Balaban J connectivity index is 0. The first-order chi connectivity index (χ1) is 8.16. The first-order valence-corrected chi connectivity index (χ1v) is 6.49. The van der Waals surface area contributed by atoms with Gasteiger partial charge in [0, 0.05) is 12.4 Å². The number of unbranched alkanes of at least 4 members (excludes halogenated alkanes) is 2. The van der Waals surface area contributed by atoms with E-state index in [0.717, 1.165) is 0 Å². The van der Waals surface area contributed by atoms with Gasteiger partial charge in [0.1, 0.15) is 0 Å². The van der Waals surface area contributed by atoms with Crippen molar-refractivity contribution in [2.24, 2.45) is 0 Å². The molecular formula is C13H26N4. The topological polar surface area (TPSA) is 61.7 Å². The monoisotopic (exact) mass is 238 g/mol. The third-order valence-electron chi connectivity index (χ3n) is 3.35. The summed E-state index contributed by atoms with van der Waals surface area (Å²) in [5.41, 5.74) is 0. The van der Waals surface area contributed by atoms with Crippen molar-refractivity contribution in [3.8, 4) is 12.4 Å². The summed E-state index contributed by atoms with van der Waals surface area (Å²) in [6.45, 7) is 14.5. The molecule has 17 heavy (non-hydrogen) atoms. The zero-order valence-corrected chi connectivity index (χ0v) is 11.7. The van der Waals surface area contributed by atoms with Gasteiger partial charge >= 0.3 is 0 Å². The molecule has 4 heteroatoms. The summed E-state index contributed by atoms with van der Waals surface area (Å²) in [5, 5.41) is 17.4. The van der Waals surface area contributed by atoms with Crippen molar-refractivity contribution in [3.63, 3.8) is 0 Å². The molecule has 0 fully saturated rings. The lowest BCUT2D eigenvalue weighted by Gasteiger charge is -2.35. The second-order valence-corrected chi connectivity index (χ2v) is 4.03. The molecule has 0 heterocycles. The Morgan fingerprint density at radius 3 is 1.59 bits per heavy atom. The lowest BCUT2D eigenvalue weighted by atomic mass is 10.2. The fourth-order valence-electron chi connectivity index (χ4n) is 1.86. The van der Waals surface area contributed by atoms with Crippen molar-refractivity contribution in [1.82, 2.24) is 0 Å². The largest absolute Gasteiger partial charge is 0.385 e. The fraction of sp³-hybridized carbons (Fsp3) is 0.846.